The van der Waals surface area contributed by atoms with Crippen LogP contribution in [0.4, 0.5) is 0 Å². The van der Waals surface area contributed by atoms with Crippen LogP contribution < -0.4 is 10.2 Å². The Labute approximate surface area is 111 Å². The highest BCUT2D eigenvalue weighted by Gasteiger charge is 2.01. The van der Waals surface area contributed by atoms with Crippen molar-refractivity contribution in [3.8, 4) is 11.5 Å². The number of rotatable bonds is 3. The molecule has 0 aliphatic rings. The Morgan fingerprint density at radius 2 is 2.00 bits per heavy atom. The van der Waals surface area contributed by atoms with Crippen LogP contribution in [0.25, 0.3) is 12.2 Å². The van der Waals surface area contributed by atoms with Gasteiger partial charge in [0.1, 0.15) is 5.75 Å². The number of hydrogen-bond donors (Lipinski definition) is 1. The molecule has 4 nitrogen and oxygen atoms in total. The van der Waals surface area contributed by atoms with Gasteiger partial charge in [-0.3, -0.25) is 4.79 Å². The molecule has 0 amide bonds. The number of aromatic nitrogens is 1. The molecule has 0 spiro atoms. The van der Waals surface area contributed by atoms with Crippen LogP contribution >= 0.6 is 0 Å². The van der Waals surface area contributed by atoms with Crippen molar-refractivity contribution in [2.75, 3.05) is 7.11 Å². The molecule has 2 rings (SSSR count). The summed E-state index contributed by atoms with van der Waals surface area (Å²) < 4.78 is 6.93. The number of nitrogens with zero attached hydrogens (tertiary/aromatic N) is 1. The molecule has 1 N–H and O–H groups in total. The second kappa shape index (κ2) is 5.44. The lowest BCUT2D eigenvalue weighted by molar-refractivity contribution is 0.414. The molecule has 0 fully saturated rings. The van der Waals surface area contributed by atoms with E-state index in [0.29, 0.717) is 5.69 Å². The molecule has 1 aromatic heterocycles. The third-order valence-electron chi connectivity index (χ3n) is 2.83. The zero-order valence-electron chi connectivity index (χ0n) is 10.8. The van der Waals surface area contributed by atoms with Gasteiger partial charge in [-0.05, 0) is 18.2 Å². The summed E-state index contributed by atoms with van der Waals surface area (Å²) in [4.78, 5) is 11.4. The first kappa shape index (κ1) is 13.0. The lowest BCUT2D eigenvalue weighted by Gasteiger charge is -2.06. The zero-order chi connectivity index (χ0) is 13.8. The van der Waals surface area contributed by atoms with E-state index in [0.717, 1.165) is 11.3 Å². The van der Waals surface area contributed by atoms with E-state index >= 15 is 0 Å². The molecule has 4 heteroatoms. The van der Waals surface area contributed by atoms with Crippen LogP contribution in [0.5, 0.6) is 11.5 Å². The molecule has 1 aromatic carbocycles. The minimum Gasteiger partial charge on any atom is -0.503 e. The van der Waals surface area contributed by atoms with Crippen LogP contribution in [0.3, 0.4) is 0 Å². The van der Waals surface area contributed by atoms with Gasteiger partial charge in [0, 0.05) is 30.6 Å². The van der Waals surface area contributed by atoms with E-state index in [1.54, 1.807) is 24.8 Å². The highest BCUT2D eigenvalue weighted by atomic mass is 16.5. The SMILES string of the molecule is COc1ccccc1/C=C/c1cc(=O)c(O)cn1C. The van der Waals surface area contributed by atoms with Gasteiger partial charge in [0.15, 0.2) is 5.75 Å². The Morgan fingerprint density at radius 1 is 1.26 bits per heavy atom. The molecule has 98 valence electrons. The van der Waals surface area contributed by atoms with Crippen molar-refractivity contribution < 1.29 is 9.84 Å². The summed E-state index contributed by atoms with van der Waals surface area (Å²) in [5, 5.41) is 9.31. The van der Waals surface area contributed by atoms with Gasteiger partial charge in [0.2, 0.25) is 5.43 Å². The van der Waals surface area contributed by atoms with E-state index in [2.05, 4.69) is 0 Å². The number of ether oxygens (including phenoxy) is 1. The van der Waals surface area contributed by atoms with Crippen LogP contribution in [-0.2, 0) is 7.05 Å². The second-order valence-electron chi connectivity index (χ2n) is 4.13. The molecule has 0 saturated carbocycles. The standard InChI is InChI=1S/C15H15NO3/c1-16-10-14(18)13(17)9-12(16)8-7-11-5-3-4-6-15(11)19-2/h3-10,18H,1-2H3/b8-7+. The summed E-state index contributed by atoms with van der Waals surface area (Å²) >= 11 is 0. The number of aromatic hydroxyl groups is 1. The first-order valence-corrected chi connectivity index (χ1v) is 5.82. The number of benzene rings is 1. The van der Waals surface area contributed by atoms with Crippen molar-refractivity contribution in [3.63, 3.8) is 0 Å². The van der Waals surface area contributed by atoms with Crippen molar-refractivity contribution in [3.05, 3.63) is 58.0 Å². The Kier molecular flexibility index (Phi) is 3.71. The highest BCUT2D eigenvalue weighted by molar-refractivity contribution is 5.71. The van der Waals surface area contributed by atoms with E-state index in [1.807, 2.05) is 30.3 Å². The number of methoxy groups -OCH3 is 1. The van der Waals surface area contributed by atoms with Crippen molar-refractivity contribution in [1.82, 2.24) is 4.57 Å². The fourth-order valence-electron chi connectivity index (χ4n) is 1.78. The average Bonchev–Trinajstić information content (AvgIpc) is 2.41. The molecule has 0 atom stereocenters. The summed E-state index contributed by atoms with van der Waals surface area (Å²) in [5.74, 6) is 0.513. The third-order valence-corrected chi connectivity index (χ3v) is 2.83. The minimum absolute atomic E-state index is 0.253. The third kappa shape index (κ3) is 2.85. The second-order valence-corrected chi connectivity index (χ2v) is 4.13. The largest absolute Gasteiger partial charge is 0.503 e. The van der Waals surface area contributed by atoms with Crippen LogP contribution in [0.2, 0.25) is 0 Å². The van der Waals surface area contributed by atoms with Crippen molar-refractivity contribution >= 4 is 12.2 Å². The van der Waals surface area contributed by atoms with E-state index in [4.69, 9.17) is 4.74 Å². The smallest absolute Gasteiger partial charge is 0.223 e. The molecule has 0 unspecified atom stereocenters. The van der Waals surface area contributed by atoms with Crippen molar-refractivity contribution in [1.29, 1.82) is 0 Å². The van der Waals surface area contributed by atoms with Gasteiger partial charge >= 0.3 is 0 Å². The molecule has 19 heavy (non-hydrogen) atoms. The predicted octanol–water partition coefficient (Wildman–Crippen LogP) is 2.27. The lowest BCUT2D eigenvalue weighted by atomic mass is 10.1. The maximum absolute atomic E-state index is 11.4. The summed E-state index contributed by atoms with van der Waals surface area (Å²) in [5.41, 5.74) is 1.23. The van der Waals surface area contributed by atoms with Crippen LogP contribution in [-0.4, -0.2) is 16.8 Å². The summed E-state index contributed by atoms with van der Waals surface area (Å²) in [7, 11) is 3.38. The van der Waals surface area contributed by atoms with Gasteiger partial charge in [0.25, 0.3) is 0 Å². The summed E-state index contributed by atoms with van der Waals surface area (Å²) in [6, 6.07) is 9.00. The van der Waals surface area contributed by atoms with Crippen LogP contribution in [0.15, 0.2) is 41.3 Å². The van der Waals surface area contributed by atoms with Crippen molar-refractivity contribution in [2.24, 2.45) is 7.05 Å². The first-order chi connectivity index (χ1) is 9.11. The monoisotopic (exact) mass is 257 g/mol. The maximum Gasteiger partial charge on any atom is 0.223 e. The van der Waals surface area contributed by atoms with Gasteiger partial charge in [-0.2, -0.15) is 0 Å². The number of aryl methyl sites for hydroxylation is 1. The average molecular weight is 257 g/mol. The fourth-order valence-corrected chi connectivity index (χ4v) is 1.78. The topological polar surface area (TPSA) is 51.5 Å². The molecule has 0 saturated heterocycles. The van der Waals surface area contributed by atoms with Crippen molar-refractivity contribution in [2.45, 2.75) is 0 Å². The molecule has 0 radical (unpaired) electrons. The van der Waals surface area contributed by atoms with E-state index in [9.17, 15) is 9.90 Å². The Morgan fingerprint density at radius 3 is 2.74 bits per heavy atom. The van der Waals surface area contributed by atoms with E-state index in [-0.39, 0.29) is 5.75 Å². The minimum atomic E-state index is -0.391. The number of hydrogen-bond acceptors (Lipinski definition) is 3. The molecular weight excluding hydrogens is 242 g/mol. The number of para-hydroxylation sites is 1. The van der Waals surface area contributed by atoms with Crippen LogP contribution in [0, 0.1) is 0 Å². The zero-order valence-corrected chi connectivity index (χ0v) is 10.8. The summed E-state index contributed by atoms with van der Waals surface area (Å²) in [6.07, 6.45) is 5.06. The van der Waals surface area contributed by atoms with Gasteiger partial charge in [0.05, 0.1) is 7.11 Å². The quantitative estimate of drug-likeness (QED) is 0.917. The molecule has 0 bridgehead atoms. The normalized spacial score (nSPS) is 10.8. The van der Waals surface area contributed by atoms with Gasteiger partial charge in [-0.25, -0.2) is 0 Å². The molecule has 0 aliphatic carbocycles. The van der Waals surface area contributed by atoms with E-state index in [1.165, 1.54) is 12.3 Å². The predicted molar refractivity (Wildman–Crippen MR) is 75.3 cm³/mol. The highest BCUT2D eigenvalue weighted by Crippen LogP contribution is 2.19. The van der Waals surface area contributed by atoms with E-state index < -0.39 is 5.43 Å². The first-order valence-electron chi connectivity index (χ1n) is 5.82. The Balaban J connectivity index is 2.38. The molecular formula is C15H15NO3. The lowest BCUT2D eigenvalue weighted by Crippen LogP contribution is -2.06. The van der Waals surface area contributed by atoms with Crippen LogP contribution in [0.1, 0.15) is 11.3 Å². The summed E-state index contributed by atoms with van der Waals surface area (Å²) in [6.45, 7) is 0. The maximum atomic E-state index is 11.4. The molecule has 2 aromatic rings. The Bertz CT molecular complexity index is 671. The number of pyridine rings is 1. The van der Waals surface area contributed by atoms with Gasteiger partial charge in [-0.1, -0.05) is 18.2 Å². The van der Waals surface area contributed by atoms with Gasteiger partial charge in [-0.15, -0.1) is 0 Å². The van der Waals surface area contributed by atoms with Gasteiger partial charge < -0.3 is 14.4 Å². The molecule has 1 heterocycles. The molecule has 0 aliphatic heterocycles. The fraction of sp³-hybridized carbons (Fsp3) is 0.133. The Hall–Kier alpha value is -2.49.